The van der Waals surface area contributed by atoms with Crippen molar-refractivity contribution in [2.45, 2.75) is 39.5 Å². The Morgan fingerprint density at radius 2 is 1.90 bits per heavy atom. The van der Waals surface area contributed by atoms with E-state index in [0.29, 0.717) is 17.9 Å². The molecule has 1 fully saturated rings. The molecule has 2 N–H and O–H groups in total. The highest BCUT2D eigenvalue weighted by molar-refractivity contribution is 4.81. The van der Waals surface area contributed by atoms with Crippen molar-refractivity contribution in [1.82, 2.24) is 0 Å². The molecule has 0 amide bonds. The van der Waals surface area contributed by atoms with Crippen molar-refractivity contribution in [3.05, 3.63) is 0 Å². The molecule has 1 heterocycles. The van der Waals surface area contributed by atoms with E-state index >= 15 is 0 Å². The Balaban J connectivity index is 2.53. The van der Waals surface area contributed by atoms with Crippen LogP contribution in [0, 0.1) is 11.8 Å². The van der Waals surface area contributed by atoms with E-state index in [9.17, 15) is 0 Å². The topological polar surface area (TPSA) is 35.2 Å². The van der Waals surface area contributed by atoms with Gasteiger partial charge in [-0.05, 0) is 12.3 Å². The molecule has 0 aromatic rings. The molecule has 1 rings (SSSR count). The summed E-state index contributed by atoms with van der Waals surface area (Å²) in [5.41, 5.74) is 5.71. The third-order valence-electron chi connectivity index (χ3n) is 2.67. The number of nitrogens with two attached hydrogens (primary N) is 1. The average molecular weight is 143 g/mol. The molecule has 2 heteroatoms. The van der Waals surface area contributed by atoms with Crippen molar-refractivity contribution in [3.63, 3.8) is 0 Å². The van der Waals surface area contributed by atoms with Gasteiger partial charge in [-0.2, -0.15) is 0 Å². The number of hydrogen-bond donors (Lipinski definition) is 1. The van der Waals surface area contributed by atoms with Gasteiger partial charge in [0.2, 0.25) is 0 Å². The van der Waals surface area contributed by atoms with Gasteiger partial charge in [-0.1, -0.05) is 20.8 Å². The Labute approximate surface area is 62.7 Å². The van der Waals surface area contributed by atoms with Crippen LogP contribution in [0.5, 0.6) is 0 Å². The first kappa shape index (κ1) is 8.02. The fourth-order valence-electron chi connectivity index (χ4n) is 1.56. The second kappa shape index (κ2) is 2.89. The van der Waals surface area contributed by atoms with Crippen LogP contribution >= 0.6 is 0 Å². The molecule has 4 unspecified atom stereocenters. The molecule has 0 spiro atoms. The molecule has 0 saturated carbocycles. The third-order valence-corrected chi connectivity index (χ3v) is 2.67. The van der Waals surface area contributed by atoms with E-state index in [1.807, 2.05) is 0 Å². The van der Waals surface area contributed by atoms with E-state index in [0.717, 1.165) is 6.42 Å². The molecule has 1 saturated heterocycles. The molecule has 2 nitrogen and oxygen atoms in total. The summed E-state index contributed by atoms with van der Waals surface area (Å²) in [5.74, 6) is 1.14. The van der Waals surface area contributed by atoms with E-state index in [2.05, 4.69) is 20.8 Å². The summed E-state index contributed by atoms with van der Waals surface area (Å²) >= 11 is 0. The predicted octanol–water partition coefficient (Wildman–Crippen LogP) is 1.35. The highest BCUT2D eigenvalue weighted by atomic mass is 16.5. The average Bonchev–Trinajstić information content (AvgIpc) is 2.17. The van der Waals surface area contributed by atoms with Crippen LogP contribution < -0.4 is 5.73 Å². The Morgan fingerprint density at radius 1 is 1.30 bits per heavy atom. The number of hydrogen-bond acceptors (Lipinski definition) is 2. The molecule has 1 aliphatic heterocycles. The lowest BCUT2D eigenvalue weighted by atomic mass is 9.92. The smallest absolute Gasteiger partial charge is 0.108 e. The van der Waals surface area contributed by atoms with Gasteiger partial charge < -0.3 is 10.5 Å². The Morgan fingerprint density at radius 3 is 2.10 bits per heavy atom. The van der Waals surface area contributed by atoms with E-state index < -0.39 is 0 Å². The lowest BCUT2D eigenvalue weighted by Crippen LogP contribution is -2.25. The standard InChI is InChI=1S/C8H17NO/c1-4-7-5(2)6(3)8(9)10-7/h5-8H,4,9H2,1-3H3. The van der Waals surface area contributed by atoms with Crippen molar-refractivity contribution < 1.29 is 4.74 Å². The molecule has 0 bridgehead atoms. The van der Waals surface area contributed by atoms with Gasteiger partial charge in [0.25, 0.3) is 0 Å². The summed E-state index contributed by atoms with van der Waals surface area (Å²) in [7, 11) is 0. The van der Waals surface area contributed by atoms with Gasteiger partial charge in [0.15, 0.2) is 0 Å². The third kappa shape index (κ3) is 1.18. The minimum atomic E-state index is -0.0278. The second-order valence-corrected chi connectivity index (χ2v) is 3.27. The summed E-state index contributed by atoms with van der Waals surface area (Å²) in [4.78, 5) is 0. The Kier molecular flexibility index (Phi) is 2.32. The van der Waals surface area contributed by atoms with E-state index in [4.69, 9.17) is 10.5 Å². The molecule has 0 aromatic carbocycles. The lowest BCUT2D eigenvalue weighted by Gasteiger charge is -2.12. The first-order valence-electron chi connectivity index (χ1n) is 4.07. The Bertz CT molecular complexity index is 116. The van der Waals surface area contributed by atoms with Crippen molar-refractivity contribution in [2.75, 3.05) is 0 Å². The number of ether oxygens (including phenoxy) is 1. The van der Waals surface area contributed by atoms with Gasteiger partial charge in [-0.15, -0.1) is 0 Å². The quantitative estimate of drug-likeness (QED) is 0.601. The minimum absolute atomic E-state index is 0.0278. The first-order chi connectivity index (χ1) is 4.66. The van der Waals surface area contributed by atoms with Crippen LogP contribution in [0.15, 0.2) is 0 Å². The summed E-state index contributed by atoms with van der Waals surface area (Å²) in [6.45, 7) is 6.52. The van der Waals surface area contributed by atoms with Crippen LogP contribution in [0.4, 0.5) is 0 Å². The zero-order valence-electron chi connectivity index (χ0n) is 7.00. The monoisotopic (exact) mass is 143 g/mol. The van der Waals surface area contributed by atoms with Crippen molar-refractivity contribution in [3.8, 4) is 0 Å². The summed E-state index contributed by atoms with van der Waals surface area (Å²) < 4.78 is 5.51. The van der Waals surface area contributed by atoms with E-state index in [1.165, 1.54) is 0 Å². The Hall–Kier alpha value is -0.0800. The van der Waals surface area contributed by atoms with Crippen LogP contribution in [-0.2, 0) is 4.74 Å². The SMILES string of the molecule is CCC1OC(N)C(C)C1C. The van der Waals surface area contributed by atoms with Crippen LogP contribution in [0.2, 0.25) is 0 Å². The van der Waals surface area contributed by atoms with Gasteiger partial charge >= 0.3 is 0 Å². The van der Waals surface area contributed by atoms with E-state index in [1.54, 1.807) is 0 Å². The molecular weight excluding hydrogens is 126 g/mol. The fraction of sp³-hybridized carbons (Fsp3) is 1.00. The van der Waals surface area contributed by atoms with Crippen LogP contribution in [0.1, 0.15) is 27.2 Å². The van der Waals surface area contributed by atoms with Gasteiger partial charge in [0.1, 0.15) is 6.23 Å². The molecular formula is C8H17NO. The summed E-state index contributed by atoms with van der Waals surface area (Å²) in [6.07, 6.45) is 1.45. The van der Waals surface area contributed by atoms with Gasteiger partial charge in [0.05, 0.1) is 6.10 Å². The minimum Gasteiger partial charge on any atom is -0.360 e. The molecule has 60 valence electrons. The van der Waals surface area contributed by atoms with Gasteiger partial charge in [-0.3, -0.25) is 0 Å². The molecule has 10 heavy (non-hydrogen) atoms. The van der Waals surface area contributed by atoms with E-state index in [-0.39, 0.29) is 6.23 Å². The normalized spacial score (nSPS) is 48.0. The highest BCUT2D eigenvalue weighted by Crippen LogP contribution is 2.30. The van der Waals surface area contributed by atoms with Crippen LogP contribution in [0.3, 0.4) is 0 Å². The first-order valence-corrected chi connectivity index (χ1v) is 4.07. The van der Waals surface area contributed by atoms with Gasteiger partial charge in [0, 0.05) is 5.92 Å². The highest BCUT2D eigenvalue weighted by Gasteiger charge is 2.35. The maximum absolute atomic E-state index is 5.71. The van der Waals surface area contributed by atoms with Crippen molar-refractivity contribution >= 4 is 0 Å². The predicted molar refractivity (Wildman–Crippen MR) is 41.5 cm³/mol. The molecule has 0 radical (unpaired) electrons. The van der Waals surface area contributed by atoms with Crippen LogP contribution in [-0.4, -0.2) is 12.3 Å². The van der Waals surface area contributed by atoms with Crippen LogP contribution in [0.25, 0.3) is 0 Å². The number of rotatable bonds is 1. The van der Waals surface area contributed by atoms with Crippen molar-refractivity contribution in [1.29, 1.82) is 0 Å². The van der Waals surface area contributed by atoms with Gasteiger partial charge in [-0.25, -0.2) is 0 Å². The lowest BCUT2D eigenvalue weighted by molar-refractivity contribution is 0.0327. The van der Waals surface area contributed by atoms with Crippen molar-refractivity contribution in [2.24, 2.45) is 17.6 Å². The largest absolute Gasteiger partial charge is 0.360 e. The zero-order valence-corrected chi connectivity index (χ0v) is 7.00. The summed E-state index contributed by atoms with van der Waals surface area (Å²) in [5, 5.41) is 0. The maximum Gasteiger partial charge on any atom is 0.108 e. The molecule has 0 aromatic heterocycles. The molecule has 4 atom stereocenters. The fourth-order valence-corrected chi connectivity index (χ4v) is 1.56. The summed E-state index contributed by atoms with van der Waals surface area (Å²) in [6, 6.07) is 0. The maximum atomic E-state index is 5.71. The molecule has 0 aliphatic carbocycles. The zero-order chi connectivity index (χ0) is 7.72. The second-order valence-electron chi connectivity index (χ2n) is 3.27. The molecule has 1 aliphatic rings.